The van der Waals surface area contributed by atoms with Gasteiger partial charge in [-0.25, -0.2) is 4.39 Å². The molecule has 0 bridgehead atoms. The summed E-state index contributed by atoms with van der Waals surface area (Å²) < 4.78 is 18.7. The minimum atomic E-state index is -0.482. The van der Waals surface area contributed by atoms with E-state index in [-0.39, 0.29) is 17.9 Å². The fraction of sp³-hybridized carbons (Fsp3) is 0.385. The summed E-state index contributed by atoms with van der Waals surface area (Å²) in [5.74, 6) is -0.794. The van der Waals surface area contributed by atoms with Gasteiger partial charge in [-0.3, -0.25) is 4.79 Å². The number of halogens is 2. The molecule has 0 aromatic heterocycles. The highest BCUT2D eigenvalue weighted by Gasteiger charge is 2.16. The van der Waals surface area contributed by atoms with Gasteiger partial charge in [0.2, 0.25) is 0 Å². The number of hydrogen-bond acceptors (Lipinski definition) is 3. The maximum absolute atomic E-state index is 13.3. The molecule has 0 atom stereocenters. The van der Waals surface area contributed by atoms with E-state index in [4.69, 9.17) is 10.00 Å². The molecule has 1 aromatic carbocycles. The molecule has 1 amide bonds. The molecule has 0 aliphatic heterocycles. The summed E-state index contributed by atoms with van der Waals surface area (Å²) in [4.78, 5) is 13.7. The Hall–Kier alpha value is -1.45. The van der Waals surface area contributed by atoms with Gasteiger partial charge >= 0.3 is 0 Å². The summed E-state index contributed by atoms with van der Waals surface area (Å²) in [5.41, 5.74) is 0.251. The van der Waals surface area contributed by atoms with Gasteiger partial charge in [0, 0.05) is 30.2 Å². The Morgan fingerprint density at radius 3 is 2.79 bits per heavy atom. The van der Waals surface area contributed by atoms with E-state index >= 15 is 0 Å². The zero-order valence-corrected chi connectivity index (χ0v) is 12.1. The maximum atomic E-state index is 13.3. The van der Waals surface area contributed by atoms with Crippen LogP contribution in [0.1, 0.15) is 16.8 Å². The fourth-order valence-corrected chi connectivity index (χ4v) is 2.03. The van der Waals surface area contributed by atoms with Crippen molar-refractivity contribution in [2.45, 2.75) is 6.42 Å². The summed E-state index contributed by atoms with van der Waals surface area (Å²) in [7, 11) is 1.53. The Balaban J connectivity index is 2.87. The number of amides is 1. The number of nitriles is 1. The molecule has 0 heterocycles. The molecule has 1 aromatic rings. The largest absolute Gasteiger partial charge is 0.383 e. The number of carbonyl (C=O) groups excluding carboxylic acids is 1. The van der Waals surface area contributed by atoms with Crippen LogP contribution in [0.2, 0.25) is 0 Å². The first-order chi connectivity index (χ1) is 9.08. The highest BCUT2D eigenvalue weighted by Crippen LogP contribution is 2.16. The second-order valence-electron chi connectivity index (χ2n) is 3.85. The van der Waals surface area contributed by atoms with Crippen LogP contribution in [0.4, 0.5) is 4.39 Å². The molecule has 0 unspecified atom stereocenters. The lowest BCUT2D eigenvalue weighted by Gasteiger charge is -2.21. The van der Waals surface area contributed by atoms with Crippen LogP contribution < -0.4 is 0 Å². The Morgan fingerprint density at radius 1 is 1.47 bits per heavy atom. The lowest BCUT2D eigenvalue weighted by molar-refractivity contribution is 0.0699. The maximum Gasteiger partial charge on any atom is 0.254 e. The van der Waals surface area contributed by atoms with Crippen LogP contribution in [0.25, 0.3) is 0 Å². The van der Waals surface area contributed by atoms with Crippen molar-refractivity contribution >= 4 is 21.8 Å². The van der Waals surface area contributed by atoms with Crippen molar-refractivity contribution in [1.82, 2.24) is 4.90 Å². The Labute approximate surface area is 119 Å². The number of rotatable bonds is 6. The van der Waals surface area contributed by atoms with Crippen LogP contribution in [-0.2, 0) is 4.74 Å². The van der Waals surface area contributed by atoms with E-state index in [1.165, 1.54) is 24.1 Å². The van der Waals surface area contributed by atoms with Crippen molar-refractivity contribution < 1.29 is 13.9 Å². The number of hydrogen-bond donors (Lipinski definition) is 0. The molecular weight excluding hydrogens is 315 g/mol. The smallest absolute Gasteiger partial charge is 0.254 e. The summed E-state index contributed by atoms with van der Waals surface area (Å²) >= 11 is 3.15. The Kier molecular flexibility index (Phi) is 6.46. The number of methoxy groups -OCH3 is 1. The molecule has 0 N–H and O–H groups in total. The van der Waals surface area contributed by atoms with E-state index in [9.17, 15) is 9.18 Å². The summed E-state index contributed by atoms with van der Waals surface area (Å²) in [6.45, 7) is 1.03. The van der Waals surface area contributed by atoms with E-state index in [0.717, 1.165) is 0 Å². The first-order valence-corrected chi connectivity index (χ1v) is 6.49. The number of nitrogens with zero attached hydrogens (tertiary/aromatic N) is 2. The van der Waals surface area contributed by atoms with Crippen LogP contribution in [0.3, 0.4) is 0 Å². The van der Waals surface area contributed by atoms with Gasteiger partial charge in [-0.15, -0.1) is 0 Å². The van der Waals surface area contributed by atoms with E-state index < -0.39 is 5.82 Å². The van der Waals surface area contributed by atoms with E-state index in [1.807, 2.05) is 6.07 Å². The van der Waals surface area contributed by atoms with Crippen LogP contribution in [0.15, 0.2) is 22.7 Å². The lowest BCUT2D eigenvalue weighted by atomic mass is 10.2. The van der Waals surface area contributed by atoms with Crippen molar-refractivity contribution in [3.05, 3.63) is 34.1 Å². The molecule has 0 saturated carbocycles. The van der Waals surface area contributed by atoms with E-state index in [1.54, 1.807) is 6.07 Å². The monoisotopic (exact) mass is 328 g/mol. The molecule has 0 spiro atoms. The van der Waals surface area contributed by atoms with Crippen molar-refractivity contribution in [3.63, 3.8) is 0 Å². The average Bonchev–Trinajstić information content (AvgIpc) is 2.37. The number of carbonyl (C=O) groups is 1. The molecule has 0 aliphatic rings. The predicted molar refractivity (Wildman–Crippen MR) is 72.1 cm³/mol. The third kappa shape index (κ3) is 4.97. The zero-order valence-electron chi connectivity index (χ0n) is 10.5. The van der Waals surface area contributed by atoms with Gasteiger partial charge < -0.3 is 9.64 Å². The number of benzene rings is 1. The molecule has 19 heavy (non-hydrogen) atoms. The Morgan fingerprint density at radius 2 is 2.21 bits per heavy atom. The molecule has 0 saturated heterocycles. The highest BCUT2D eigenvalue weighted by atomic mass is 79.9. The highest BCUT2D eigenvalue weighted by molar-refractivity contribution is 9.10. The van der Waals surface area contributed by atoms with Crippen molar-refractivity contribution in [2.24, 2.45) is 0 Å². The standard InChI is InChI=1S/C13H14BrFN2O2/c1-19-6-5-17(4-2-3-16)13(18)10-7-11(14)9-12(15)8-10/h7-9H,2,4-6H2,1H3. The summed E-state index contributed by atoms with van der Waals surface area (Å²) in [6.07, 6.45) is 0.228. The van der Waals surface area contributed by atoms with Gasteiger partial charge in [0.25, 0.3) is 5.91 Å². The van der Waals surface area contributed by atoms with Crippen molar-refractivity contribution in [1.29, 1.82) is 5.26 Å². The summed E-state index contributed by atoms with van der Waals surface area (Å²) in [6, 6.07) is 6.00. The molecule has 4 nitrogen and oxygen atoms in total. The molecule has 0 aliphatic carbocycles. The zero-order chi connectivity index (χ0) is 14.3. The average molecular weight is 329 g/mol. The Bertz CT molecular complexity index is 468. The van der Waals surface area contributed by atoms with Gasteiger partial charge in [-0.05, 0) is 18.2 Å². The van der Waals surface area contributed by atoms with E-state index in [2.05, 4.69) is 15.9 Å². The quantitative estimate of drug-likeness (QED) is 0.806. The van der Waals surface area contributed by atoms with Gasteiger partial charge in [0.15, 0.2) is 0 Å². The lowest BCUT2D eigenvalue weighted by Crippen LogP contribution is -2.34. The molecule has 1 rings (SSSR count). The minimum absolute atomic E-state index is 0.228. The predicted octanol–water partition coefficient (Wildman–Crippen LogP) is 2.59. The van der Waals surface area contributed by atoms with Crippen LogP contribution in [0, 0.1) is 17.1 Å². The van der Waals surface area contributed by atoms with Gasteiger partial charge in [-0.1, -0.05) is 15.9 Å². The van der Waals surface area contributed by atoms with Gasteiger partial charge in [0.1, 0.15) is 5.82 Å². The first-order valence-electron chi connectivity index (χ1n) is 5.69. The molecule has 0 radical (unpaired) electrons. The topological polar surface area (TPSA) is 53.3 Å². The first kappa shape index (κ1) is 15.6. The molecule has 0 fully saturated rings. The van der Waals surface area contributed by atoms with Crippen molar-refractivity contribution in [3.8, 4) is 6.07 Å². The number of ether oxygens (including phenoxy) is 1. The fourth-order valence-electron chi connectivity index (χ4n) is 1.56. The third-order valence-corrected chi connectivity index (χ3v) is 2.91. The van der Waals surface area contributed by atoms with Crippen LogP contribution in [-0.4, -0.2) is 37.6 Å². The van der Waals surface area contributed by atoms with Crippen LogP contribution in [0.5, 0.6) is 0 Å². The van der Waals surface area contributed by atoms with Crippen LogP contribution >= 0.6 is 15.9 Å². The SMILES string of the molecule is COCCN(CCC#N)C(=O)c1cc(F)cc(Br)c1. The van der Waals surface area contributed by atoms with Gasteiger partial charge in [-0.2, -0.15) is 5.26 Å². The minimum Gasteiger partial charge on any atom is -0.383 e. The van der Waals surface area contributed by atoms with Crippen molar-refractivity contribution in [2.75, 3.05) is 26.8 Å². The summed E-state index contributed by atoms with van der Waals surface area (Å²) in [5, 5.41) is 8.59. The molecule has 102 valence electrons. The second kappa shape index (κ2) is 7.87. The van der Waals surface area contributed by atoms with Gasteiger partial charge in [0.05, 0.1) is 19.1 Å². The normalized spacial score (nSPS) is 10.0. The molecule has 6 heteroatoms. The molecular formula is C13H14BrFN2O2. The third-order valence-electron chi connectivity index (χ3n) is 2.46. The second-order valence-corrected chi connectivity index (χ2v) is 4.77. The van der Waals surface area contributed by atoms with E-state index in [0.29, 0.717) is 24.2 Å².